The molecule has 176 valence electrons. The van der Waals surface area contributed by atoms with E-state index < -0.39 is 22.6 Å². The Bertz CT molecular complexity index is 1070. The van der Waals surface area contributed by atoms with Crippen molar-refractivity contribution in [3.8, 4) is 11.5 Å². The maximum atomic E-state index is 13.8. The Kier molecular flexibility index (Phi) is 5.88. The first kappa shape index (κ1) is 22.3. The molecule has 0 aromatic heterocycles. The highest BCUT2D eigenvalue weighted by atomic mass is 32.2. The van der Waals surface area contributed by atoms with Gasteiger partial charge in [-0.2, -0.15) is 0 Å². The number of rotatable bonds is 6. The number of fused-ring (bicyclic) bond motifs is 2. The molecular weight excluding hydrogens is 445 g/mol. The van der Waals surface area contributed by atoms with Crippen molar-refractivity contribution in [2.75, 3.05) is 37.3 Å². The van der Waals surface area contributed by atoms with Crippen LogP contribution < -0.4 is 19.5 Å². The number of piperidine rings is 1. The average molecular weight is 474 g/mol. The number of hydrogen-bond donors (Lipinski definition) is 2. The van der Waals surface area contributed by atoms with Gasteiger partial charge in [0.05, 0.1) is 23.9 Å². The van der Waals surface area contributed by atoms with Gasteiger partial charge in [0.1, 0.15) is 29.0 Å². The van der Waals surface area contributed by atoms with E-state index in [2.05, 4.69) is 22.0 Å². The number of carbonyl (C=O) groups excluding carboxylic acids is 1. The van der Waals surface area contributed by atoms with Crippen molar-refractivity contribution in [1.29, 1.82) is 0 Å². The molecule has 2 N–H and O–H groups in total. The molecular formula is C24H28FN3O4S. The molecule has 0 radical (unpaired) electrons. The van der Waals surface area contributed by atoms with Crippen molar-refractivity contribution < 1.29 is 23.2 Å². The van der Waals surface area contributed by atoms with Crippen LogP contribution in [-0.2, 0) is 21.6 Å². The summed E-state index contributed by atoms with van der Waals surface area (Å²) in [5.74, 6) is 0.426. The van der Waals surface area contributed by atoms with Crippen LogP contribution in [-0.4, -0.2) is 48.7 Å². The molecule has 1 spiro atoms. The Labute approximate surface area is 195 Å². The first-order valence-electron chi connectivity index (χ1n) is 11.3. The van der Waals surface area contributed by atoms with Gasteiger partial charge < -0.3 is 24.2 Å². The normalized spacial score (nSPS) is 20.7. The van der Waals surface area contributed by atoms with Crippen LogP contribution in [0.5, 0.6) is 11.5 Å². The highest BCUT2D eigenvalue weighted by molar-refractivity contribution is 7.92. The lowest BCUT2D eigenvalue weighted by molar-refractivity contribution is -0.123. The van der Waals surface area contributed by atoms with E-state index in [4.69, 9.17) is 9.47 Å². The minimum Gasteiger partial charge on any atom is -0.588 e. The number of nitrogens with zero attached hydrogens (tertiary/aromatic N) is 1. The van der Waals surface area contributed by atoms with Crippen molar-refractivity contribution in [3.63, 3.8) is 0 Å². The van der Waals surface area contributed by atoms with Crippen LogP contribution in [0.2, 0.25) is 0 Å². The first-order valence-corrected chi connectivity index (χ1v) is 12.4. The maximum Gasteiger partial charge on any atom is 0.235 e. The van der Waals surface area contributed by atoms with Crippen LogP contribution in [0.25, 0.3) is 0 Å². The SMILES string of the molecule is COc1ccc(F)cc1[S+]([O-])Nc1cc(OC2CCN(C)CC2)c2c(c1)C1(CCC1)C(=O)N2. The fourth-order valence-corrected chi connectivity index (χ4v) is 5.89. The predicted octanol–water partition coefficient (Wildman–Crippen LogP) is 3.82. The molecule has 9 heteroatoms. The molecule has 1 unspecified atom stereocenters. The molecule has 1 saturated carbocycles. The van der Waals surface area contributed by atoms with Gasteiger partial charge in [-0.3, -0.25) is 4.79 Å². The number of methoxy groups -OCH3 is 1. The highest BCUT2D eigenvalue weighted by Crippen LogP contribution is 2.54. The Morgan fingerprint density at radius 2 is 1.97 bits per heavy atom. The number of hydrogen-bond acceptors (Lipinski definition) is 6. The van der Waals surface area contributed by atoms with E-state index in [0.29, 0.717) is 17.2 Å². The number of ether oxygens (including phenoxy) is 2. The minimum absolute atomic E-state index is 0.00190. The van der Waals surface area contributed by atoms with Gasteiger partial charge in [0, 0.05) is 25.2 Å². The van der Waals surface area contributed by atoms with Gasteiger partial charge in [0.2, 0.25) is 10.8 Å². The summed E-state index contributed by atoms with van der Waals surface area (Å²) in [6.45, 7) is 1.90. The van der Waals surface area contributed by atoms with Crippen molar-refractivity contribution in [2.45, 2.75) is 48.5 Å². The number of likely N-dealkylation sites (tertiary alicyclic amines) is 1. The smallest absolute Gasteiger partial charge is 0.235 e. The standard InChI is InChI=1S/C24H28FN3O4S/c1-28-10-6-17(7-11-28)32-20-14-16(13-18-22(20)26-23(29)24(18)8-3-9-24)27-33(30)21-12-15(25)4-5-19(21)31-2/h4-5,12-14,17,27H,3,6-11H2,1-2H3,(H,26,29). The van der Waals surface area contributed by atoms with E-state index in [1.54, 1.807) is 6.07 Å². The fourth-order valence-electron chi connectivity index (χ4n) is 4.90. The summed E-state index contributed by atoms with van der Waals surface area (Å²) in [6, 6.07) is 7.56. The molecule has 1 amide bonds. The Morgan fingerprint density at radius 3 is 2.64 bits per heavy atom. The summed E-state index contributed by atoms with van der Waals surface area (Å²) < 4.78 is 41.6. The molecule has 2 aliphatic heterocycles. The van der Waals surface area contributed by atoms with Crippen LogP contribution in [0, 0.1) is 5.82 Å². The van der Waals surface area contributed by atoms with E-state index in [1.165, 1.54) is 25.3 Å². The largest absolute Gasteiger partial charge is 0.588 e. The second-order valence-electron chi connectivity index (χ2n) is 9.07. The maximum absolute atomic E-state index is 13.8. The molecule has 5 rings (SSSR count). The monoisotopic (exact) mass is 473 g/mol. The van der Waals surface area contributed by atoms with Crippen molar-refractivity contribution in [3.05, 3.63) is 41.7 Å². The second kappa shape index (κ2) is 8.70. The zero-order valence-corrected chi connectivity index (χ0v) is 19.6. The summed E-state index contributed by atoms with van der Waals surface area (Å²) >= 11 is -1.77. The Balaban J connectivity index is 1.48. The Hall–Kier alpha value is -2.49. The number of nitrogens with one attached hydrogen (secondary N) is 2. The molecule has 1 saturated heterocycles. The van der Waals surface area contributed by atoms with Crippen LogP contribution >= 0.6 is 0 Å². The van der Waals surface area contributed by atoms with E-state index >= 15 is 0 Å². The van der Waals surface area contributed by atoms with Crippen LogP contribution in [0.1, 0.15) is 37.7 Å². The van der Waals surface area contributed by atoms with Gasteiger partial charge in [0.25, 0.3) is 0 Å². The van der Waals surface area contributed by atoms with Crippen LogP contribution in [0.4, 0.5) is 15.8 Å². The number of halogens is 1. The summed E-state index contributed by atoms with van der Waals surface area (Å²) in [4.78, 5) is 15.4. The van der Waals surface area contributed by atoms with E-state index in [-0.39, 0.29) is 16.9 Å². The molecule has 3 aliphatic rings. The molecule has 1 atom stereocenters. The summed E-state index contributed by atoms with van der Waals surface area (Å²) in [5, 5.41) is 3.05. The topological polar surface area (TPSA) is 85.9 Å². The lowest BCUT2D eigenvalue weighted by Gasteiger charge is -2.36. The third-order valence-electron chi connectivity index (χ3n) is 6.99. The van der Waals surface area contributed by atoms with E-state index in [1.807, 2.05) is 6.07 Å². The van der Waals surface area contributed by atoms with Gasteiger partial charge in [-0.1, -0.05) is 6.42 Å². The minimum atomic E-state index is -1.77. The molecule has 1 aliphatic carbocycles. The molecule has 33 heavy (non-hydrogen) atoms. The number of anilines is 2. The van der Waals surface area contributed by atoms with E-state index in [0.717, 1.165) is 56.4 Å². The van der Waals surface area contributed by atoms with Gasteiger partial charge in [-0.25, -0.2) is 9.11 Å². The quantitative estimate of drug-likeness (QED) is 0.621. The highest BCUT2D eigenvalue weighted by Gasteiger charge is 2.52. The molecule has 2 heterocycles. The van der Waals surface area contributed by atoms with Gasteiger partial charge >= 0.3 is 0 Å². The van der Waals surface area contributed by atoms with Gasteiger partial charge in [0.15, 0.2) is 5.75 Å². The number of amides is 1. The molecule has 2 aromatic carbocycles. The third-order valence-corrected chi connectivity index (χ3v) is 8.13. The van der Waals surface area contributed by atoms with Gasteiger partial charge in [-0.05, 0) is 56.5 Å². The Morgan fingerprint density at radius 1 is 1.21 bits per heavy atom. The molecule has 0 bridgehead atoms. The first-order chi connectivity index (χ1) is 15.9. The summed E-state index contributed by atoms with van der Waals surface area (Å²) in [5.41, 5.74) is 1.62. The summed E-state index contributed by atoms with van der Waals surface area (Å²) in [6.07, 6.45) is 4.39. The van der Waals surface area contributed by atoms with E-state index in [9.17, 15) is 13.7 Å². The lowest BCUT2D eigenvalue weighted by Crippen LogP contribution is -2.40. The number of benzene rings is 2. The molecule has 2 fully saturated rings. The number of carbonyl (C=O) groups is 1. The van der Waals surface area contributed by atoms with Crippen molar-refractivity contribution >= 4 is 28.6 Å². The molecule has 2 aromatic rings. The zero-order valence-electron chi connectivity index (χ0n) is 18.8. The van der Waals surface area contributed by atoms with Crippen LogP contribution in [0.3, 0.4) is 0 Å². The predicted molar refractivity (Wildman–Crippen MR) is 125 cm³/mol. The van der Waals surface area contributed by atoms with Crippen LogP contribution in [0.15, 0.2) is 35.2 Å². The molecule has 7 nitrogen and oxygen atoms in total. The second-order valence-corrected chi connectivity index (χ2v) is 10.3. The summed E-state index contributed by atoms with van der Waals surface area (Å²) in [7, 11) is 3.55. The average Bonchev–Trinajstić information content (AvgIpc) is 3.07. The van der Waals surface area contributed by atoms with Gasteiger partial charge in [-0.15, -0.1) is 0 Å². The van der Waals surface area contributed by atoms with Crippen molar-refractivity contribution in [1.82, 2.24) is 4.90 Å². The lowest BCUT2D eigenvalue weighted by atomic mass is 9.65. The zero-order chi connectivity index (χ0) is 23.2. The third kappa shape index (κ3) is 4.02. The fraction of sp³-hybridized carbons (Fsp3) is 0.458. The van der Waals surface area contributed by atoms with Crippen molar-refractivity contribution in [2.24, 2.45) is 0 Å².